The van der Waals surface area contributed by atoms with Crippen LogP contribution in [0.5, 0.6) is 0 Å². The van der Waals surface area contributed by atoms with Gasteiger partial charge in [-0.2, -0.15) is 0 Å². The van der Waals surface area contributed by atoms with Gasteiger partial charge in [-0.3, -0.25) is 4.98 Å². The van der Waals surface area contributed by atoms with Crippen LogP contribution in [0.4, 0.5) is 4.39 Å². The first-order valence-electron chi connectivity index (χ1n) is 5.38. The Kier molecular flexibility index (Phi) is 2.52. The lowest BCUT2D eigenvalue weighted by Crippen LogP contribution is -1.93. The van der Waals surface area contributed by atoms with E-state index in [2.05, 4.69) is 9.97 Å². The average molecular weight is 262 g/mol. The number of pyridine rings is 1. The van der Waals surface area contributed by atoms with E-state index in [-0.39, 0.29) is 5.82 Å². The number of benzene rings is 1. The van der Waals surface area contributed by atoms with Gasteiger partial charge in [0.15, 0.2) is 0 Å². The highest BCUT2D eigenvalue weighted by Gasteiger charge is 2.10. The SMILES string of the molecule is Cn1c(-c2cncc(F)c2)nc2ccc(Cl)cc21. The lowest BCUT2D eigenvalue weighted by Gasteiger charge is -2.01. The molecule has 3 aromatic rings. The summed E-state index contributed by atoms with van der Waals surface area (Å²) in [6.07, 6.45) is 2.76. The van der Waals surface area contributed by atoms with Crippen molar-refractivity contribution in [3.63, 3.8) is 0 Å². The maximum absolute atomic E-state index is 13.2. The van der Waals surface area contributed by atoms with Gasteiger partial charge in [-0.15, -0.1) is 0 Å². The van der Waals surface area contributed by atoms with E-state index in [4.69, 9.17) is 11.6 Å². The van der Waals surface area contributed by atoms with Crippen molar-refractivity contribution in [3.05, 3.63) is 47.5 Å². The highest BCUT2D eigenvalue weighted by atomic mass is 35.5. The molecule has 1 aromatic carbocycles. The number of aromatic nitrogens is 3. The van der Waals surface area contributed by atoms with E-state index in [0.29, 0.717) is 16.4 Å². The smallest absolute Gasteiger partial charge is 0.142 e. The maximum Gasteiger partial charge on any atom is 0.142 e. The van der Waals surface area contributed by atoms with Gasteiger partial charge in [0.25, 0.3) is 0 Å². The van der Waals surface area contributed by atoms with Crippen LogP contribution in [0.15, 0.2) is 36.7 Å². The third kappa shape index (κ3) is 1.75. The number of hydrogen-bond acceptors (Lipinski definition) is 2. The third-order valence-corrected chi connectivity index (χ3v) is 3.04. The molecule has 0 saturated carbocycles. The molecule has 0 amide bonds. The van der Waals surface area contributed by atoms with E-state index in [1.54, 1.807) is 12.3 Å². The molecule has 2 heterocycles. The van der Waals surface area contributed by atoms with Crippen LogP contribution in [0.3, 0.4) is 0 Å². The maximum atomic E-state index is 13.2. The van der Waals surface area contributed by atoms with E-state index in [1.165, 1.54) is 12.3 Å². The van der Waals surface area contributed by atoms with Crippen molar-refractivity contribution in [2.75, 3.05) is 0 Å². The summed E-state index contributed by atoms with van der Waals surface area (Å²) in [6, 6.07) is 6.87. The van der Waals surface area contributed by atoms with Gasteiger partial charge in [0.05, 0.1) is 17.2 Å². The minimum absolute atomic E-state index is 0.377. The van der Waals surface area contributed by atoms with Crippen LogP contribution >= 0.6 is 11.6 Å². The highest BCUT2D eigenvalue weighted by Crippen LogP contribution is 2.25. The molecule has 0 atom stereocenters. The first-order chi connectivity index (χ1) is 8.65. The molecular weight excluding hydrogens is 253 g/mol. The molecule has 0 bridgehead atoms. The molecule has 0 aliphatic rings. The molecule has 2 aromatic heterocycles. The second kappa shape index (κ2) is 4.07. The molecule has 5 heteroatoms. The number of rotatable bonds is 1. The van der Waals surface area contributed by atoms with Crippen LogP contribution in [-0.4, -0.2) is 14.5 Å². The number of imidazole rings is 1. The van der Waals surface area contributed by atoms with Crippen LogP contribution in [0, 0.1) is 5.82 Å². The Bertz CT molecular complexity index is 736. The number of nitrogens with zero attached hydrogens (tertiary/aromatic N) is 3. The first kappa shape index (κ1) is 11.2. The highest BCUT2D eigenvalue weighted by molar-refractivity contribution is 6.31. The topological polar surface area (TPSA) is 30.7 Å². The monoisotopic (exact) mass is 261 g/mol. The molecule has 0 unspecified atom stereocenters. The largest absolute Gasteiger partial charge is 0.327 e. The average Bonchev–Trinajstić information content (AvgIpc) is 2.67. The number of halogens is 2. The second-order valence-electron chi connectivity index (χ2n) is 4.02. The van der Waals surface area contributed by atoms with Gasteiger partial charge in [-0.1, -0.05) is 11.6 Å². The zero-order valence-corrected chi connectivity index (χ0v) is 10.3. The van der Waals surface area contributed by atoms with Crippen molar-refractivity contribution >= 4 is 22.6 Å². The fraction of sp³-hybridized carbons (Fsp3) is 0.0769. The summed E-state index contributed by atoms with van der Waals surface area (Å²) in [4.78, 5) is 8.30. The van der Waals surface area contributed by atoms with Gasteiger partial charge in [0.1, 0.15) is 11.6 Å². The molecule has 0 aliphatic carbocycles. The van der Waals surface area contributed by atoms with Crippen LogP contribution in [0.25, 0.3) is 22.4 Å². The summed E-state index contributed by atoms with van der Waals surface area (Å²) < 4.78 is 15.1. The van der Waals surface area contributed by atoms with Crippen molar-refractivity contribution in [2.45, 2.75) is 0 Å². The molecule has 0 fully saturated rings. The van der Waals surface area contributed by atoms with Gasteiger partial charge in [0.2, 0.25) is 0 Å². The molecule has 0 spiro atoms. The van der Waals surface area contributed by atoms with Gasteiger partial charge in [0, 0.05) is 23.8 Å². The molecule has 18 heavy (non-hydrogen) atoms. The van der Waals surface area contributed by atoms with Crippen molar-refractivity contribution < 1.29 is 4.39 Å². The number of fused-ring (bicyclic) bond motifs is 1. The van der Waals surface area contributed by atoms with E-state index < -0.39 is 0 Å². The van der Waals surface area contributed by atoms with Gasteiger partial charge in [-0.05, 0) is 24.3 Å². The Hall–Kier alpha value is -1.94. The second-order valence-corrected chi connectivity index (χ2v) is 4.46. The minimum Gasteiger partial charge on any atom is -0.327 e. The van der Waals surface area contributed by atoms with Crippen molar-refractivity contribution in [2.24, 2.45) is 7.05 Å². The first-order valence-corrected chi connectivity index (χ1v) is 5.76. The van der Waals surface area contributed by atoms with Gasteiger partial charge >= 0.3 is 0 Å². The molecule has 3 rings (SSSR count). The van der Waals surface area contributed by atoms with E-state index in [9.17, 15) is 4.39 Å². The van der Waals surface area contributed by atoms with Crippen molar-refractivity contribution in [3.8, 4) is 11.4 Å². The van der Waals surface area contributed by atoms with Crippen LogP contribution < -0.4 is 0 Å². The van der Waals surface area contributed by atoms with Crippen molar-refractivity contribution in [1.82, 2.24) is 14.5 Å². The summed E-state index contributed by atoms with van der Waals surface area (Å²) >= 11 is 5.96. The molecular formula is C13H9ClFN3. The number of hydrogen-bond donors (Lipinski definition) is 0. The lowest BCUT2D eigenvalue weighted by atomic mass is 10.2. The standard InChI is InChI=1S/C13H9ClFN3/c1-18-12-5-9(14)2-3-11(12)17-13(18)8-4-10(15)7-16-6-8/h2-7H,1H3. The summed E-state index contributed by atoms with van der Waals surface area (Å²) in [5, 5.41) is 0.648. The van der Waals surface area contributed by atoms with Gasteiger partial charge < -0.3 is 4.57 Å². The molecule has 3 nitrogen and oxygen atoms in total. The lowest BCUT2D eigenvalue weighted by molar-refractivity contribution is 0.621. The zero-order valence-electron chi connectivity index (χ0n) is 9.56. The van der Waals surface area contributed by atoms with Gasteiger partial charge in [-0.25, -0.2) is 9.37 Å². The predicted molar refractivity (Wildman–Crippen MR) is 68.9 cm³/mol. The minimum atomic E-state index is -0.377. The third-order valence-electron chi connectivity index (χ3n) is 2.81. The summed E-state index contributed by atoms with van der Waals surface area (Å²) in [5.41, 5.74) is 2.37. The van der Waals surface area contributed by atoms with Crippen LogP contribution in [-0.2, 0) is 7.05 Å². The molecule has 0 aliphatic heterocycles. The fourth-order valence-electron chi connectivity index (χ4n) is 1.96. The summed E-state index contributed by atoms with van der Waals surface area (Å²) in [5.74, 6) is 0.289. The summed E-state index contributed by atoms with van der Waals surface area (Å²) in [7, 11) is 1.87. The zero-order chi connectivity index (χ0) is 12.7. The number of aryl methyl sites for hydroxylation is 1. The van der Waals surface area contributed by atoms with E-state index in [0.717, 1.165) is 11.0 Å². The molecule has 0 saturated heterocycles. The summed E-state index contributed by atoms with van der Waals surface area (Å²) in [6.45, 7) is 0. The Morgan fingerprint density at radius 1 is 1.22 bits per heavy atom. The van der Waals surface area contributed by atoms with Crippen LogP contribution in [0.2, 0.25) is 5.02 Å². The molecule has 0 N–H and O–H groups in total. The normalized spacial score (nSPS) is 11.1. The van der Waals surface area contributed by atoms with Crippen LogP contribution in [0.1, 0.15) is 0 Å². The molecule has 0 radical (unpaired) electrons. The van der Waals surface area contributed by atoms with E-state index >= 15 is 0 Å². The van der Waals surface area contributed by atoms with Crippen molar-refractivity contribution in [1.29, 1.82) is 0 Å². The van der Waals surface area contributed by atoms with E-state index in [1.807, 2.05) is 23.7 Å². The Morgan fingerprint density at radius 3 is 2.83 bits per heavy atom. The Labute approximate surface area is 108 Å². The Morgan fingerprint density at radius 2 is 2.06 bits per heavy atom. The predicted octanol–water partition coefficient (Wildman–Crippen LogP) is 3.43. The Balaban J connectivity index is 2.27. The fourth-order valence-corrected chi connectivity index (χ4v) is 2.12. The quantitative estimate of drug-likeness (QED) is 0.672. The molecule has 90 valence electrons.